The number of aromatic nitrogens is 2. The summed E-state index contributed by atoms with van der Waals surface area (Å²) < 4.78 is 0. The summed E-state index contributed by atoms with van der Waals surface area (Å²) in [6, 6.07) is 6.67. The van der Waals surface area contributed by atoms with Crippen LogP contribution in [0.5, 0.6) is 0 Å². The molecule has 3 rings (SSSR count). The van der Waals surface area contributed by atoms with Crippen LogP contribution in [-0.2, 0) is 12.8 Å². The highest BCUT2D eigenvalue weighted by atomic mass is 14.8. The number of hydrogen-bond acceptors (Lipinski definition) is 3. The summed E-state index contributed by atoms with van der Waals surface area (Å²) >= 11 is 0. The molecule has 1 atom stereocenters. The van der Waals surface area contributed by atoms with Crippen LogP contribution >= 0.6 is 0 Å². The monoisotopic (exact) mass is 295 g/mol. The van der Waals surface area contributed by atoms with Crippen molar-refractivity contribution < 1.29 is 0 Å². The number of rotatable bonds is 4. The number of nitrogens with zero attached hydrogens (tertiary/aromatic N) is 2. The summed E-state index contributed by atoms with van der Waals surface area (Å²) in [6.07, 6.45) is 8.99. The predicted octanol–water partition coefficient (Wildman–Crippen LogP) is 3.49. The highest BCUT2D eigenvalue weighted by Gasteiger charge is 2.37. The van der Waals surface area contributed by atoms with Crippen molar-refractivity contribution in [3.8, 4) is 11.1 Å². The highest BCUT2D eigenvalue weighted by Crippen LogP contribution is 2.43. The van der Waals surface area contributed by atoms with Gasteiger partial charge in [0.2, 0.25) is 0 Å². The van der Waals surface area contributed by atoms with Gasteiger partial charge in [0.05, 0.1) is 0 Å². The van der Waals surface area contributed by atoms with Gasteiger partial charge in [-0.2, -0.15) is 0 Å². The van der Waals surface area contributed by atoms with Crippen LogP contribution in [0.3, 0.4) is 0 Å². The Morgan fingerprint density at radius 2 is 2.00 bits per heavy atom. The Hall–Kier alpha value is -1.74. The Labute approximate surface area is 133 Å². The molecule has 1 aliphatic carbocycles. The van der Waals surface area contributed by atoms with Crippen molar-refractivity contribution >= 4 is 0 Å². The second-order valence-corrected chi connectivity index (χ2v) is 6.79. The van der Waals surface area contributed by atoms with Gasteiger partial charge in [-0.05, 0) is 54.3 Å². The fourth-order valence-electron chi connectivity index (χ4n) is 3.81. The van der Waals surface area contributed by atoms with Crippen LogP contribution in [0.4, 0.5) is 0 Å². The molecule has 0 radical (unpaired) electrons. The largest absolute Gasteiger partial charge is 0.319 e. The Bertz CT molecular complexity index is 636. The molecule has 1 N–H and O–H groups in total. The SMILES string of the molecule is CNCC1(C(C)C)CCc2cccc(-c3cncnc3)c2C1. The molecule has 1 heterocycles. The minimum Gasteiger partial charge on any atom is -0.319 e. The van der Waals surface area contributed by atoms with Gasteiger partial charge in [0.15, 0.2) is 0 Å². The van der Waals surface area contributed by atoms with Crippen molar-refractivity contribution in [3.05, 3.63) is 48.0 Å². The quantitative estimate of drug-likeness (QED) is 0.938. The summed E-state index contributed by atoms with van der Waals surface area (Å²) in [4.78, 5) is 8.39. The summed E-state index contributed by atoms with van der Waals surface area (Å²) in [6.45, 7) is 5.79. The van der Waals surface area contributed by atoms with Crippen LogP contribution in [-0.4, -0.2) is 23.6 Å². The maximum Gasteiger partial charge on any atom is 0.115 e. The molecular weight excluding hydrogens is 270 g/mol. The van der Waals surface area contributed by atoms with E-state index in [2.05, 4.69) is 54.4 Å². The molecule has 22 heavy (non-hydrogen) atoms. The maximum atomic E-state index is 4.19. The third-order valence-electron chi connectivity index (χ3n) is 5.32. The first-order valence-corrected chi connectivity index (χ1v) is 8.17. The number of hydrogen-bond donors (Lipinski definition) is 1. The molecule has 1 aromatic carbocycles. The van der Waals surface area contributed by atoms with Gasteiger partial charge in [0.1, 0.15) is 6.33 Å². The van der Waals surface area contributed by atoms with Crippen molar-refractivity contribution in [3.63, 3.8) is 0 Å². The zero-order chi connectivity index (χ0) is 15.6. The van der Waals surface area contributed by atoms with E-state index in [0.29, 0.717) is 11.3 Å². The van der Waals surface area contributed by atoms with Crippen molar-refractivity contribution in [2.75, 3.05) is 13.6 Å². The highest BCUT2D eigenvalue weighted by molar-refractivity contribution is 5.68. The third-order valence-corrected chi connectivity index (χ3v) is 5.32. The van der Waals surface area contributed by atoms with E-state index in [-0.39, 0.29) is 0 Å². The predicted molar refractivity (Wildman–Crippen MR) is 90.7 cm³/mol. The molecule has 1 unspecified atom stereocenters. The van der Waals surface area contributed by atoms with E-state index < -0.39 is 0 Å². The standard InChI is InChI=1S/C19H25N3/c1-14(2)19(12-20-3)8-7-15-5-4-6-17(18(15)9-19)16-10-21-13-22-11-16/h4-6,10-11,13-14,20H,7-9,12H2,1-3H3. The van der Waals surface area contributed by atoms with Crippen LogP contribution < -0.4 is 5.32 Å². The van der Waals surface area contributed by atoms with Crippen LogP contribution in [0.15, 0.2) is 36.9 Å². The Kier molecular flexibility index (Phi) is 4.25. The smallest absolute Gasteiger partial charge is 0.115 e. The number of aryl methyl sites for hydroxylation is 1. The summed E-state index contributed by atoms with van der Waals surface area (Å²) in [5.74, 6) is 0.660. The number of benzene rings is 1. The van der Waals surface area contributed by atoms with Gasteiger partial charge in [-0.25, -0.2) is 9.97 Å². The Morgan fingerprint density at radius 3 is 2.68 bits per heavy atom. The van der Waals surface area contributed by atoms with E-state index >= 15 is 0 Å². The molecule has 116 valence electrons. The summed E-state index contributed by atoms with van der Waals surface area (Å²) in [5.41, 5.74) is 5.76. The Balaban J connectivity index is 2.06. The fourth-order valence-corrected chi connectivity index (χ4v) is 3.81. The van der Waals surface area contributed by atoms with Crippen molar-refractivity contribution in [1.29, 1.82) is 0 Å². The summed E-state index contributed by atoms with van der Waals surface area (Å²) in [7, 11) is 2.07. The lowest BCUT2D eigenvalue weighted by molar-refractivity contribution is 0.158. The molecule has 3 nitrogen and oxygen atoms in total. The lowest BCUT2D eigenvalue weighted by Crippen LogP contribution is -2.42. The van der Waals surface area contributed by atoms with E-state index in [1.807, 2.05) is 12.4 Å². The van der Waals surface area contributed by atoms with Crippen molar-refractivity contribution in [2.45, 2.75) is 33.1 Å². The minimum atomic E-state index is 0.341. The lowest BCUT2D eigenvalue weighted by Gasteiger charge is -2.42. The zero-order valence-corrected chi connectivity index (χ0v) is 13.8. The van der Waals surface area contributed by atoms with E-state index in [4.69, 9.17) is 0 Å². The second kappa shape index (κ2) is 6.17. The van der Waals surface area contributed by atoms with Gasteiger partial charge in [-0.1, -0.05) is 32.0 Å². The average molecular weight is 295 g/mol. The molecule has 1 aliphatic rings. The van der Waals surface area contributed by atoms with Crippen LogP contribution in [0.1, 0.15) is 31.4 Å². The Morgan fingerprint density at radius 1 is 1.23 bits per heavy atom. The molecule has 0 aliphatic heterocycles. The summed E-state index contributed by atoms with van der Waals surface area (Å²) in [5, 5.41) is 3.42. The third kappa shape index (κ3) is 2.66. The molecule has 0 fully saturated rings. The first-order chi connectivity index (χ1) is 10.7. The average Bonchev–Trinajstić information content (AvgIpc) is 2.55. The van der Waals surface area contributed by atoms with Crippen LogP contribution in [0.2, 0.25) is 0 Å². The fraction of sp³-hybridized carbons (Fsp3) is 0.474. The van der Waals surface area contributed by atoms with E-state index in [0.717, 1.165) is 24.9 Å². The van der Waals surface area contributed by atoms with Gasteiger partial charge >= 0.3 is 0 Å². The van der Waals surface area contributed by atoms with Gasteiger partial charge in [0.25, 0.3) is 0 Å². The topological polar surface area (TPSA) is 37.8 Å². The molecule has 2 aromatic rings. The van der Waals surface area contributed by atoms with Gasteiger partial charge < -0.3 is 5.32 Å². The molecule has 0 spiro atoms. The molecule has 3 heteroatoms. The minimum absolute atomic E-state index is 0.341. The molecule has 0 bridgehead atoms. The van der Waals surface area contributed by atoms with E-state index in [1.54, 1.807) is 6.33 Å². The maximum absolute atomic E-state index is 4.19. The van der Waals surface area contributed by atoms with Gasteiger partial charge in [0, 0.05) is 24.5 Å². The molecule has 0 saturated carbocycles. The second-order valence-electron chi connectivity index (χ2n) is 6.79. The van der Waals surface area contributed by atoms with Crippen LogP contribution in [0, 0.1) is 11.3 Å². The van der Waals surface area contributed by atoms with E-state index in [9.17, 15) is 0 Å². The first kappa shape index (κ1) is 15.2. The zero-order valence-electron chi connectivity index (χ0n) is 13.8. The van der Waals surface area contributed by atoms with Crippen molar-refractivity contribution in [1.82, 2.24) is 15.3 Å². The number of nitrogens with one attached hydrogen (secondary N) is 1. The normalized spacial score (nSPS) is 20.9. The molecule has 1 aromatic heterocycles. The van der Waals surface area contributed by atoms with Gasteiger partial charge in [-0.3, -0.25) is 0 Å². The molecular formula is C19H25N3. The molecule has 0 amide bonds. The molecule has 0 saturated heterocycles. The van der Waals surface area contributed by atoms with E-state index in [1.165, 1.54) is 23.1 Å². The van der Waals surface area contributed by atoms with Gasteiger partial charge in [-0.15, -0.1) is 0 Å². The first-order valence-electron chi connectivity index (χ1n) is 8.17. The number of fused-ring (bicyclic) bond motifs is 1. The lowest BCUT2D eigenvalue weighted by atomic mass is 9.64. The van der Waals surface area contributed by atoms with Crippen molar-refractivity contribution in [2.24, 2.45) is 11.3 Å². The van der Waals surface area contributed by atoms with Crippen LogP contribution in [0.25, 0.3) is 11.1 Å².